The predicted octanol–water partition coefficient (Wildman–Crippen LogP) is 2.23. The number of ether oxygens (including phenoxy) is 2. The first-order chi connectivity index (χ1) is 19.5. The van der Waals surface area contributed by atoms with Crippen LogP contribution in [0.5, 0.6) is 0 Å². The number of carbonyl (C=O) groups excluding carboxylic acids is 4. The Morgan fingerprint density at radius 3 is 2.51 bits per heavy atom. The Morgan fingerprint density at radius 2 is 1.83 bits per heavy atom. The van der Waals surface area contributed by atoms with Crippen molar-refractivity contribution in [1.29, 1.82) is 0 Å². The van der Waals surface area contributed by atoms with Gasteiger partial charge in [-0.15, -0.1) is 0 Å². The summed E-state index contributed by atoms with van der Waals surface area (Å²) in [6.45, 7) is 5.45. The van der Waals surface area contributed by atoms with Crippen molar-refractivity contribution in [3.05, 3.63) is 58.6 Å². The highest BCUT2D eigenvalue weighted by molar-refractivity contribution is 9.11. The number of hydrogen-bond donors (Lipinski definition) is 2. The number of benzene rings is 1. The molecule has 1 spiro atoms. The number of nitrogens with one attached hydrogen (secondary N) is 1. The molecule has 11 heteroatoms. The summed E-state index contributed by atoms with van der Waals surface area (Å²) in [6, 6.07) is 7.45. The fourth-order valence-corrected chi connectivity index (χ4v) is 7.14. The molecule has 2 fully saturated rings. The minimum atomic E-state index is -1.38. The number of aliphatic hydroxyl groups excluding tert-OH is 1. The van der Waals surface area contributed by atoms with Crippen LogP contribution in [0.3, 0.4) is 0 Å². The lowest BCUT2D eigenvalue weighted by atomic mass is 9.73. The molecule has 2 saturated heterocycles. The fourth-order valence-electron chi connectivity index (χ4n) is 6.41. The molecule has 0 saturated carbocycles. The van der Waals surface area contributed by atoms with E-state index in [1.165, 1.54) is 4.90 Å². The van der Waals surface area contributed by atoms with Gasteiger partial charge < -0.3 is 29.7 Å². The lowest BCUT2D eigenvalue weighted by Crippen LogP contribution is -2.59. The zero-order valence-electron chi connectivity index (χ0n) is 23.4. The van der Waals surface area contributed by atoms with Crippen LogP contribution in [-0.2, 0) is 28.7 Å². The lowest BCUT2D eigenvalue weighted by Gasteiger charge is -2.41. The number of halogens is 1. The number of nitrogens with zero attached hydrogens (tertiary/aromatic N) is 2. The van der Waals surface area contributed by atoms with E-state index < -0.39 is 58.9 Å². The van der Waals surface area contributed by atoms with Gasteiger partial charge >= 0.3 is 5.97 Å². The minimum Gasteiger partial charge on any atom is -0.463 e. The maximum atomic E-state index is 14.4. The van der Waals surface area contributed by atoms with Gasteiger partial charge in [0.15, 0.2) is 0 Å². The topological polar surface area (TPSA) is 125 Å². The molecule has 0 unspecified atom stereocenters. The second kappa shape index (κ2) is 11.3. The number of β-amino-alcohol motifs (C(OH)–C–C–N with tert-alkyl or cyclic N) is 1. The summed E-state index contributed by atoms with van der Waals surface area (Å²) in [7, 11) is 0. The smallest absolute Gasteiger partial charge is 0.306 e. The quantitative estimate of drug-likeness (QED) is 0.388. The van der Waals surface area contributed by atoms with Gasteiger partial charge in [-0.1, -0.05) is 58.4 Å². The third-order valence-electron chi connectivity index (χ3n) is 8.28. The van der Waals surface area contributed by atoms with Gasteiger partial charge in [-0.05, 0) is 38.8 Å². The van der Waals surface area contributed by atoms with Gasteiger partial charge in [-0.2, -0.15) is 0 Å². The van der Waals surface area contributed by atoms with Crippen LogP contribution in [0.25, 0.3) is 0 Å². The van der Waals surface area contributed by atoms with Gasteiger partial charge in [-0.3, -0.25) is 19.2 Å². The van der Waals surface area contributed by atoms with Crippen molar-refractivity contribution in [3.63, 3.8) is 0 Å². The Labute approximate surface area is 247 Å². The first-order valence-corrected chi connectivity index (χ1v) is 14.7. The van der Waals surface area contributed by atoms with E-state index in [-0.39, 0.29) is 38.6 Å². The molecule has 0 aromatic heterocycles. The molecule has 3 amide bonds. The number of esters is 1. The van der Waals surface area contributed by atoms with E-state index >= 15 is 0 Å². The summed E-state index contributed by atoms with van der Waals surface area (Å²) in [6.07, 6.45) is 5.22. The average molecular weight is 631 g/mol. The van der Waals surface area contributed by atoms with E-state index in [0.717, 1.165) is 5.56 Å². The van der Waals surface area contributed by atoms with E-state index in [1.54, 1.807) is 11.0 Å². The predicted molar refractivity (Wildman–Crippen MR) is 152 cm³/mol. The summed E-state index contributed by atoms with van der Waals surface area (Å²) in [5, 5.41) is 12.9. The van der Waals surface area contributed by atoms with Crippen LogP contribution in [0.15, 0.2) is 53.0 Å². The number of hydrogen-bond acceptors (Lipinski definition) is 7. The summed E-state index contributed by atoms with van der Waals surface area (Å²) in [4.78, 5) is 58.0. The normalized spacial score (nSPS) is 33.4. The van der Waals surface area contributed by atoms with Crippen LogP contribution < -0.4 is 5.32 Å². The molecule has 4 aliphatic rings. The summed E-state index contributed by atoms with van der Waals surface area (Å²) >= 11 is 3.55. The monoisotopic (exact) mass is 629 g/mol. The van der Waals surface area contributed by atoms with Gasteiger partial charge in [-0.25, -0.2) is 0 Å². The molecule has 5 rings (SSSR count). The van der Waals surface area contributed by atoms with Crippen molar-refractivity contribution >= 4 is 39.6 Å². The molecule has 1 aromatic carbocycles. The number of allylic oxidation sites excluding steroid dienone is 1. The van der Waals surface area contributed by atoms with Crippen molar-refractivity contribution in [3.8, 4) is 0 Å². The first-order valence-electron chi connectivity index (χ1n) is 13.9. The average Bonchev–Trinajstić information content (AvgIpc) is 3.51. The van der Waals surface area contributed by atoms with Gasteiger partial charge in [0, 0.05) is 29.5 Å². The van der Waals surface area contributed by atoms with Crippen LogP contribution in [0.4, 0.5) is 0 Å². The summed E-state index contributed by atoms with van der Waals surface area (Å²) < 4.78 is 12.6. The van der Waals surface area contributed by atoms with Crippen LogP contribution >= 0.6 is 15.9 Å². The molecular weight excluding hydrogens is 594 g/mol. The zero-order valence-corrected chi connectivity index (χ0v) is 25.0. The Hall–Kier alpha value is -3.02. The number of carbonyl (C=O) groups is 4. The van der Waals surface area contributed by atoms with Crippen molar-refractivity contribution in [1.82, 2.24) is 15.1 Å². The Balaban J connectivity index is 1.60. The number of rotatable bonds is 3. The molecule has 220 valence electrons. The maximum absolute atomic E-state index is 14.4. The van der Waals surface area contributed by atoms with Crippen molar-refractivity contribution < 1.29 is 33.8 Å². The van der Waals surface area contributed by atoms with Crippen LogP contribution in [0.2, 0.25) is 0 Å². The van der Waals surface area contributed by atoms with Gasteiger partial charge in [0.2, 0.25) is 17.7 Å². The van der Waals surface area contributed by atoms with Crippen molar-refractivity contribution in [2.75, 3.05) is 26.3 Å². The third-order valence-corrected chi connectivity index (χ3v) is 8.96. The maximum Gasteiger partial charge on any atom is 0.306 e. The van der Waals surface area contributed by atoms with Crippen molar-refractivity contribution in [2.24, 2.45) is 11.8 Å². The van der Waals surface area contributed by atoms with Crippen molar-refractivity contribution in [2.45, 2.75) is 62.9 Å². The molecule has 5 bridgehead atoms. The molecule has 1 aromatic rings. The highest BCUT2D eigenvalue weighted by Gasteiger charge is 2.74. The van der Waals surface area contributed by atoms with Gasteiger partial charge in [0.25, 0.3) is 0 Å². The van der Waals surface area contributed by atoms with Crippen LogP contribution in [-0.4, -0.2) is 88.2 Å². The molecule has 4 aliphatic heterocycles. The highest BCUT2D eigenvalue weighted by Crippen LogP contribution is 2.58. The third kappa shape index (κ3) is 5.23. The molecule has 0 radical (unpaired) electrons. The SMILES string of the molecule is CC(C)(C)N1C/C=C\CCC(=O)OC[C@@H](c2ccccc2)NC(=O)[C@@H]2[C@H]3O[C@@]4(C=C3Br)[C@H](C1=O)N(CCO)C(=O)[C@@H]24. The van der Waals surface area contributed by atoms with E-state index in [0.29, 0.717) is 10.9 Å². The second-order valence-corrected chi connectivity index (χ2v) is 12.8. The van der Waals surface area contributed by atoms with E-state index in [4.69, 9.17) is 9.47 Å². The van der Waals surface area contributed by atoms with Crippen LogP contribution in [0.1, 0.15) is 45.2 Å². The number of fused-ring (bicyclic) bond motifs is 2. The number of cyclic esters (lactones) is 1. The summed E-state index contributed by atoms with van der Waals surface area (Å²) in [5.74, 6) is -3.51. The van der Waals surface area contributed by atoms with E-state index in [2.05, 4.69) is 21.2 Å². The number of aliphatic hydroxyl groups is 1. The molecule has 41 heavy (non-hydrogen) atoms. The standard InChI is InChI=1S/C30H36BrN3O7/c1-29(2,3)34-13-9-5-8-12-21(36)40-17-20(18-10-6-4-7-11-18)32-26(37)22-23-27(38)33(14-15-35)25(28(34)39)30(23)16-19(31)24(22)41-30/h4-7,9-11,16,20,22-25,35H,8,12-15,17H2,1-3H3,(H,32,37)/b9-5-/t20-,22-,23+,24-,25-,30+/m0/s1. The summed E-state index contributed by atoms with van der Waals surface area (Å²) in [5.41, 5.74) is -1.26. The molecule has 10 nitrogen and oxygen atoms in total. The van der Waals surface area contributed by atoms with E-state index in [1.807, 2.05) is 63.3 Å². The molecule has 0 aliphatic carbocycles. The van der Waals surface area contributed by atoms with Crippen LogP contribution in [0, 0.1) is 11.8 Å². The first kappa shape index (κ1) is 29.5. The second-order valence-electron chi connectivity index (χ2n) is 11.9. The minimum absolute atomic E-state index is 0.0717. The van der Waals surface area contributed by atoms with Gasteiger partial charge in [0.05, 0.1) is 24.5 Å². The Kier molecular flexibility index (Phi) is 8.15. The largest absolute Gasteiger partial charge is 0.463 e. The fraction of sp³-hybridized carbons (Fsp3) is 0.533. The zero-order chi connectivity index (χ0) is 29.5. The van der Waals surface area contributed by atoms with Gasteiger partial charge in [0.1, 0.15) is 24.4 Å². The van der Waals surface area contributed by atoms with E-state index in [9.17, 15) is 24.3 Å². The Morgan fingerprint density at radius 1 is 1.10 bits per heavy atom. The molecule has 4 heterocycles. The Bertz CT molecular complexity index is 1280. The number of amides is 3. The number of likely N-dealkylation sites (tertiary alicyclic amines) is 1. The lowest BCUT2D eigenvalue weighted by molar-refractivity contribution is -0.151. The highest BCUT2D eigenvalue weighted by atomic mass is 79.9. The molecular formula is C30H36BrN3O7. The molecule has 2 N–H and O–H groups in total. The molecule has 6 atom stereocenters.